The van der Waals surface area contributed by atoms with Crippen LogP contribution in [0.4, 0.5) is 0 Å². The summed E-state index contributed by atoms with van der Waals surface area (Å²) in [6.45, 7) is 3.37. The van der Waals surface area contributed by atoms with Crippen molar-refractivity contribution in [3.8, 4) is 0 Å². The molecule has 0 aliphatic rings. The molecule has 0 spiro atoms. The molecule has 0 radical (unpaired) electrons. The molecule has 1 aromatic rings. The number of azide groups is 1. The number of hydrogen-bond donors (Lipinski definition) is 1. The molecule has 0 saturated heterocycles. The van der Waals surface area contributed by atoms with Crippen LogP contribution in [-0.4, -0.2) is 5.11 Å². The van der Waals surface area contributed by atoms with Gasteiger partial charge in [0.05, 0.1) is 6.26 Å². The zero-order valence-corrected chi connectivity index (χ0v) is 6.21. The first-order chi connectivity index (χ1) is 5.75. The molecule has 0 aliphatic heterocycles. The van der Waals surface area contributed by atoms with Crippen molar-refractivity contribution in [1.29, 1.82) is 0 Å². The minimum atomic E-state index is -1.06. The van der Waals surface area contributed by atoms with E-state index in [1.807, 2.05) is 0 Å². The van der Waals surface area contributed by atoms with Crippen molar-refractivity contribution in [3.05, 3.63) is 46.9 Å². The summed E-state index contributed by atoms with van der Waals surface area (Å²) in [7, 11) is 0. The van der Waals surface area contributed by atoms with Gasteiger partial charge in [-0.05, 0) is 17.7 Å². The molecule has 0 fully saturated rings. The molecule has 1 rings (SSSR count). The van der Waals surface area contributed by atoms with Gasteiger partial charge in [0.1, 0.15) is 11.9 Å². The topological polar surface area (TPSA) is 82.1 Å². The summed E-state index contributed by atoms with van der Waals surface area (Å²) < 4.78 is 4.87. The SMILES string of the molecule is C=C(N=[N+]=[N-])C(O)c1ccco1. The van der Waals surface area contributed by atoms with Gasteiger partial charge in [0.15, 0.2) is 0 Å². The Morgan fingerprint density at radius 1 is 1.83 bits per heavy atom. The molecule has 0 aliphatic carbocycles. The van der Waals surface area contributed by atoms with Crippen LogP contribution in [0.2, 0.25) is 0 Å². The van der Waals surface area contributed by atoms with Gasteiger partial charge in [-0.2, -0.15) is 0 Å². The van der Waals surface area contributed by atoms with Crippen molar-refractivity contribution in [1.82, 2.24) is 0 Å². The molecule has 12 heavy (non-hydrogen) atoms. The Labute approximate surface area is 68.6 Å². The third-order valence-corrected chi connectivity index (χ3v) is 1.30. The Balaban J connectivity index is 2.78. The summed E-state index contributed by atoms with van der Waals surface area (Å²) in [6.07, 6.45) is 0.359. The van der Waals surface area contributed by atoms with E-state index in [4.69, 9.17) is 9.95 Å². The Morgan fingerprint density at radius 3 is 3.08 bits per heavy atom. The lowest BCUT2D eigenvalue weighted by Gasteiger charge is -2.04. The predicted octanol–water partition coefficient (Wildman–Crippen LogP) is 2.14. The van der Waals surface area contributed by atoms with E-state index in [2.05, 4.69) is 16.6 Å². The molecule has 0 amide bonds. The molecular formula is C7H7N3O2. The van der Waals surface area contributed by atoms with E-state index in [1.165, 1.54) is 6.26 Å². The van der Waals surface area contributed by atoms with Crippen molar-refractivity contribution < 1.29 is 9.52 Å². The van der Waals surface area contributed by atoms with Gasteiger partial charge in [0.25, 0.3) is 0 Å². The lowest BCUT2D eigenvalue weighted by atomic mass is 10.2. The van der Waals surface area contributed by atoms with E-state index in [0.29, 0.717) is 5.76 Å². The van der Waals surface area contributed by atoms with Crippen molar-refractivity contribution in [2.24, 2.45) is 5.11 Å². The number of nitrogens with zero attached hydrogens (tertiary/aromatic N) is 3. The van der Waals surface area contributed by atoms with Gasteiger partial charge < -0.3 is 9.52 Å². The van der Waals surface area contributed by atoms with Gasteiger partial charge in [-0.1, -0.05) is 11.7 Å². The Kier molecular flexibility index (Phi) is 2.53. The van der Waals surface area contributed by atoms with Crippen LogP contribution < -0.4 is 0 Å². The second-order valence-electron chi connectivity index (χ2n) is 2.10. The van der Waals surface area contributed by atoms with Gasteiger partial charge in [-0.15, -0.1) is 0 Å². The summed E-state index contributed by atoms with van der Waals surface area (Å²) in [5.74, 6) is 0.312. The molecule has 0 saturated carbocycles. The fourth-order valence-corrected chi connectivity index (χ4v) is 0.723. The molecule has 62 valence electrons. The van der Waals surface area contributed by atoms with Crippen molar-refractivity contribution in [3.63, 3.8) is 0 Å². The molecular weight excluding hydrogens is 158 g/mol. The van der Waals surface area contributed by atoms with Crippen LogP contribution in [0.5, 0.6) is 0 Å². The lowest BCUT2D eigenvalue weighted by molar-refractivity contribution is 0.184. The normalized spacial score (nSPS) is 11.8. The molecule has 1 N–H and O–H groups in total. The molecule has 1 heterocycles. The summed E-state index contributed by atoms with van der Waals surface area (Å²) >= 11 is 0. The minimum Gasteiger partial charge on any atom is -0.466 e. The minimum absolute atomic E-state index is 0.0208. The van der Waals surface area contributed by atoms with Gasteiger partial charge >= 0.3 is 0 Å². The molecule has 1 unspecified atom stereocenters. The second kappa shape index (κ2) is 3.61. The van der Waals surface area contributed by atoms with E-state index in [1.54, 1.807) is 12.1 Å². The monoisotopic (exact) mass is 165 g/mol. The van der Waals surface area contributed by atoms with Crippen LogP contribution in [0.3, 0.4) is 0 Å². The lowest BCUT2D eigenvalue weighted by Crippen LogP contribution is -1.95. The smallest absolute Gasteiger partial charge is 0.138 e. The summed E-state index contributed by atoms with van der Waals surface area (Å²) in [5.41, 5.74) is 8.06. The van der Waals surface area contributed by atoms with Gasteiger partial charge in [-0.3, -0.25) is 0 Å². The first kappa shape index (κ1) is 8.39. The zero-order valence-electron chi connectivity index (χ0n) is 6.21. The fourth-order valence-electron chi connectivity index (χ4n) is 0.723. The first-order valence-corrected chi connectivity index (χ1v) is 3.21. The quantitative estimate of drug-likeness (QED) is 0.422. The largest absolute Gasteiger partial charge is 0.466 e. The Hall–Kier alpha value is -1.71. The fraction of sp³-hybridized carbons (Fsp3) is 0.143. The maximum absolute atomic E-state index is 9.35. The number of aliphatic hydroxyl groups excluding tert-OH is 1. The van der Waals surface area contributed by atoms with Crippen LogP contribution in [0.25, 0.3) is 10.4 Å². The maximum Gasteiger partial charge on any atom is 0.138 e. The van der Waals surface area contributed by atoms with Gasteiger partial charge in [-0.25, -0.2) is 0 Å². The molecule has 0 bridgehead atoms. The Bertz CT molecular complexity index is 311. The highest BCUT2D eigenvalue weighted by molar-refractivity contribution is 5.13. The average Bonchev–Trinajstić information content (AvgIpc) is 2.55. The average molecular weight is 165 g/mol. The van der Waals surface area contributed by atoms with Crippen molar-refractivity contribution in [2.75, 3.05) is 0 Å². The standard InChI is InChI=1S/C7H7N3O2/c1-5(9-10-8)7(11)6-3-2-4-12-6/h2-4,7,11H,1H2. The Morgan fingerprint density at radius 2 is 2.58 bits per heavy atom. The summed E-state index contributed by atoms with van der Waals surface area (Å²) in [4.78, 5) is 2.49. The van der Waals surface area contributed by atoms with Crippen LogP contribution in [0.1, 0.15) is 11.9 Å². The summed E-state index contributed by atoms with van der Waals surface area (Å²) in [5, 5.41) is 12.5. The van der Waals surface area contributed by atoms with Gasteiger partial charge in [0.2, 0.25) is 0 Å². The molecule has 1 atom stereocenters. The van der Waals surface area contributed by atoms with Crippen LogP contribution >= 0.6 is 0 Å². The molecule has 0 aromatic carbocycles. The highest BCUT2D eigenvalue weighted by Gasteiger charge is 2.12. The van der Waals surface area contributed by atoms with Crippen LogP contribution in [-0.2, 0) is 0 Å². The number of furan rings is 1. The van der Waals surface area contributed by atoms with E-state index in [-0.39, 0.29) is 5.70 Å². The first-order valence-electron chi connectivity index (χ1n) is 3.21. The molecule has 1 aromatic heterocycles. The van der Waals surface area contributed by atoms with E-state index in [0.717, 1.165) is 0 Å². The zero-order chi connectivity index (χ0) is 8.97. The number of rotatable bonds is 3. The third kappa shape index (κ3) is 1.66. The van der Waals surface area contributed by atoms with E-state index >= 15 is 0 Å². The van der Waals surface area contributed by atoms with Crippen molar-refractivity contribution >= 4 is 0 Å². The van der Waals surface area contributed by atoms with E-state index in [9.17, 15) is 5.11 Å². The number of hydrogen-bond acceptors (Lipinski definition) is 3. The van der Waals surface area contributed by atoms with Gasteiger partial charge in [0, 0.05) is 10.6 Å². The van der Waals surface area contributed by atoms with Crippen LogP contribution in [0, 0.1) is 0 Å². The van der Waals surface area contributed by atoms with Crippen LogP contribution in [0.15, 0.2) is 40.2 Å². The highest BCUT2D eigenvalue weighted by atomic mass is 16.4. The van der Waals surface area contributed by atoms with E-state index < -0.39 is 6.10 Å². The number of aliphatic hydroxyl groups is 1. The van der Waals surface area contributed by atoms with Crippen molar-refractivity contribution in [2.45, 2.75) is 6.10 Å². The molecule has 5 heteroatoms. The summed E-state index contributed by atoms with van der Waals surface area (Å²) in [6, 6.07) is 3.20. The predicted molar refractivity (Wildman–Crippen MR) is 42.0 cm³/mol. The second-order valence-corrected chi connectivity index (χ2v) is 2.10. The maximum atomic E-state index is 9.35. The molecule has 5 nitrogen and oxygen atoms in total. The third-order valence-electron chi connectivity index (χ3n) is 1.30. The highest BCUT2D eigenvalue weighted by Crippen LogP contribution is 2.20.